The predicted molar refractivity (Wildman–Crippen MR) is 119 cm³/mol. The summed E-state index contributed by atoms with van der Waals surface area (Å²) in [7, 11) is 0. The number of anilines is 1. The van der Waals surface area contributed by atoms with Crippen LogP contribution < -0.4 is 20.1 Å². The molecule has 0 aliphatic carbocycles. The van der Waals surface area contributed by atoms with Gasteiger partial charge in [0, 0.05) is 6.42 Å². The molecule has 1 unspecified atom stereocenters. The Labute approximate surface area is 185 Å². The van der Waals surface area contributed by atoms with Crippen molar-refractivity contribution in [1.29, 1.82) is 0 Å². The van der Waals surface area contributed by atoms with Gasteiger partial charge in [-0.3, -0.25) is 9.59 Å². The molecule has 3 aromatic rings. The predicted octanol–water partition coefficient (Wildman–Crippen LogP) is 4.09. The van der Waals surface area contributed by atoms with Crippen LogP contribution in [0.1, 0.15) is 15.9 Å². The van der Waals surface area contributed by atoms with Crippen molar-refractivity contribution < 1.29 is 19.1 Å². The molecule has 31 heavy (non-hydrogen) atoms. The molecule has 0 spiro atoms. The van der Waals surface area contributed by atoms with E-state index >= 15 is 0 Å². The van der Waals surface area contributed by atoms with Crippen molar-refractivity contribution in [3.05, 3.63) is 88.9 Å². The van der Waals surface area contributed by atoms with E-state index < -0.39 is 11.9 Å². The Morgan fingerprint density at radius 1 is 0.903 bits per heavy atom. The van der Waals surface area contributed by atoms with Crippen LogP contribution in [-0.4, -0.2) is 31.1 Å². The van der Waals surface area contributed by atoms with E-state index in [1.807, 2.05) is 30.3 Å². The second-order valence-electron chi connectivity index (χ2n) is 7.01. The molecule has 1 aliphatic heterocycles. The van der Waals surface area contributed by atoms with E-state index in [1.165, 1.54) is 0 Å². The van der Waals surface area contributed by atoms with Crippen LogP contribution in [-0.2, 0) is 11.2 Å². The van der Waals surface area contributed by atoms with Gasteiger partial charge in [0.1, 0.15) is 19.3 Å². The van der Waals surface area contributed by atoms with Gasteiger partial charge < -0.3 is 20.1 Å². The molecular weight excluding hydrogens is 416 g/mol. The van der Waals surface area contributed by atoms with Gasteiger partial charge >= 0.3 is 0 Å². The average Bonchev–Trinajstić information content (AvgIpc) is 2.80. The first-order valence-electron chi connectivity index (χ1n) is 9.90. The smallest absolute Gasteiger partial charge is 0.253 e. The zero-order valence-corrected chi connectivity index (χ0v) is 17.4. The molecular formula is C24H21ClN2O4. The number of halogens is 1. The maximum absolute atomic E-state index is 13.2. The number of para-hydroxylation sites is 1. The van der Waals surface area contributed by atoms with Gasteiger partial charge in [-0.25, -0.2) is 0 Å². The van der Waals surface area contributed by atoms with Crippen LogP contribution in [0.5, 0.6) is 11.5 Å². The summed E-state index contributed by atoms with van der Waals surface area (Å²) in [5.41, 5.74) is 1.72. The van der Waals surface area contributed by atoms with Gasteiger partial charge in [-0.2, -0.15) is 0 Å². The highest BCUT2D eigenvalue weighted by Crippen LogP contribution is 2.37. The summed E-state index contributed by atoms with van der Waals surface area (Å²) in [6.07, 6.45) is 0.315. The summed E-state index contributed by atoms with van der Waals surface area (Å²) in [6.45, 7) is 0.853. The largest absolute Gasteiger partial charge is 0.486 e. The fraction of sp³-hybridized carbons (Fsp3) is 0.167. The molecule has 1 heterocycles. The number of carbonyl (C=O) groups excluding carboxylic acids is 2. The Kier molecular flexibility index (Phi) is 6.38. The Hall–Kier alpha value is -3.51. The summed E-state index contributed by atoms with van der Waals surface area (Å²) in [4.78, 5) is 26.0. The van der Waals surface area contributed by atoms with Crippen molar-refractivity contribution >= 4 is 29.1 Å². The van der Waals surface area contributed by atoms with E-state index in [0.717, 1.165) is 5.56 Å². The number of hydrogen-bond acceptors (Lipinski definition) is 4. The van der Waals surface area contributed by atoms with Crippen LogP contribution in [0.2, 0.25) is 5.02 Å². The summed E-state index contributed by atoms with van der Waals surface area (Å²) >= 11 is 6.16. The molecule has 0 radical (unpaired) electrons. The van der Waals surface area contributed by atoms with Crippen LogP contribution in [0.4, 0.5) is 5.69 Å². The lowest BCUT2D eigenvalue weighted by Crippen LogP contribution is -2.45. The average molecular weight is 437 g/mol. The van der Waals surface area contributed by atoms with E-state index in [0.29, 0.717) is 47.4 Å². The van der Waals surface area contributed by atoms with Crippen molar-refractivity contribution in [2.45, 2.75) is 12.5 Å². The maximum atomic E-state index is 13.2. The minimum atomic E-state index is -0.827. The Bertz CT molecular complexity index is 1090. The minimum absolute atomic E-state index is 0.309. The number of rotatable bonds is 6. The Balaban J connectivity index is 1.57. The Morgan fingerprint density at radius 2 is 1.65 bits per heavy atom. The molecule has 2 N–H and O–H groups in total. The molecule has 0 saturated heterocycles. The van der Waals surface area contributed by atoms with E-state index in [-0.39, 0.29) is 5.91 Å². The molecule has 0 aromatic heterocycles. The maximum Gasteiger partial charge on any atom is 0.253 e. The van der Waals surface area contributed by atoms with Gasteiger partial charge in [0.25, 0.3) is 5.91 Å². The highest BCUT2D eigenvalue weighted by atomic mass is 35.5. The van der Waals surface area contributed by atoms with Gasteiger partial charge in [0.05, 0.1) is 16.3 Å². The Morgan fingerprint density at radius 3 is 2.45 bits per heavy atom. The molecule has 6 nitrogen and oxygen atoms in total. The van der Waals surface area contributed by atoms with Crippen LogP contribution in [0.25, 0.3) is 0 Å². The van der Waals surface area contributed by atoms with Crippen molar-refractivity contribution in [2.24, 2.45) is 0 Å². The molecule has 2 amide bonds. The van der Waals surface area contributed by atoms with Gasteiger partial charge in [-0.15, -0.1) is 0 Å². The number of ether oxygens (including phenoxy) is 2. The van der Waals surface area contributed by atoms with Crippen molar-refractivity contribution in [1.82, 2.24) is 5.32 Å². The fourth-order valence-electron chi connectivity index (χ4n) is 3.33. The molecule has 0 fully saturated rings. The van der Waals surface area contributed by atoms with Crippen molar-refractivity contribution in [2.75, 3.05) is 18.5 Å². The van der Waals surface area contributed by atoms with E-state index in [4.69, 9.17) is 21.1 Å². The summed E-state index contributed by atoms with van der Waals surface area (Å²) in [5, 5.41) is 6.01. The second kappa shape index (κ2) is 9.53. The first-order valence-corrected chi connectivity index (χ1v) is 10.3. The zero-order chi connectivity index (χ0) is 21.6. The van der Waals surface area contributed by atoms with Crippen LogP contribution in [0, 0.1) is 0 Å². The summed E-state index contributed by atoms with van der Waals surface area (Å²) in [5.74, 6) is 0.268. The SMILES string of the molecule is O=C(NC(Cc1ccccc1)C(=O)Nc1cccc2c1OCCO2)c1ccccc1Cl. The zero-order valence-electron chi connectivity index (χ0n) is 16.6. The fourth-order valence-corrected chi connectivity index (χ4v) is 3.55. The molecule has 1 atom stereocenters. The molecule has 0 bridgehead atoms. The lowest BCUT2D eigenvalue weighted by molar-refractivity contribution is -0.118. The van der Waals surface area contributed by atoms with E-state index in [9.17, 15) is 9.59 Å². The highest BCUT2D eigenvalue weighted by molar-refractivity contribution is 6.33. The van der Waals surface area contributed by atoms with Gasteiger partial charge in [-0.1, -0.05) is 60.1 Å². The highest BCUT2D eigenvalue weighted by Gasteiger charge is 2.25. The summed E-state index contributed by atoms with van der Waals surface area (Å²) < 4.78 is 11.3. The molecule has 3 aromatic carbocycles. The normalized spacial score (nSPS) is 13.2. The molecule has 4 rings (SSSR count). The number of benzene rings is 3. The minimum Gasteiger partial charge on any atom is -0.486 e. The summed E-state index contributed by atoms with van der Waals surface area (Å²) in [6, 6.07) is 20.7. The van der Waals surface area contributed by atoms with Crippen LogP contribution in [0.15, 0.2) is 72.8 Å². The van der Waals surface area contributed by atoms with Crippen LogP contribution in [0.3, 0.4) is 0 Å². The lowest BCUT2D eigenvalue weighted by atomic mass is 10.0. The van der Waals surface area contributed by atoms with E-state index in [1.54, 1.807) is 42.5 Å². The second-order valence-corrected chi connectivity index (χ2v) is 7.42. The lowest BCUT2D eigenvalue weighted by Gasteiger charge is -2.23. The number of fused-ring (bicyclic) bond motifs is 1. The van der Waals surface area contributed by atoms with Gasteiger partial charge in [0.2, 0.25) is 5.91 Å². The number of hydrogen-bond donors (Lipinski definition) is 2. The number of amides is 2. The number of carbonyl (C=O) groups is 2. The topological polar surface area (TPSA) is 76.7 Å². The van der Waals surface area contributed by atoms with Crippen molar-refractivity contribution in [3.8, 4) is 11.5 Å². The number of nitrogens with one attached hydrogen (secondary N) is 2. The molecule has 158 valence electrons. The van der Waals surface area contributed by atoms with Crippen LogP contribution >= 0.6 is 11.6 Å². The molecule has 7 heteroatoms. The third-order valence-electron chi connectivity index (χ3n) is 4.85. The van der Waals surface area contributed by atoms with E-state index in [2.05, 4.69) is 10.6 Å². The molecule has 1 aliphatic rings. The third-order valence-corrected chi connectivity index (χ3v) is 5.18. The van der Waals surface area contributed by atoms with Crippen molar-refractivity contribution in [3.63, 3.8) is 0 Å². The monoisotopic (exact) mass is 436 g/mol. The standard InChI is InChI=1S/C24H21ClN2O4/c25-18-10-5-4-9-17(18)23(28)27-20(15-16-7-2-1-3-8-16)24(29)26-19-11-6-12-21-22(19)31-14-13-30-21/h1-12,20H,13-15H2,(H,26,29)(H,27,28). The first-order chi connectivity index (χ1) is 15.1. The molecule has 0 saturated carbocycles. The van der Waals surface area contributed by atoms with Gasteiger partial charge in [-0.05, 0) is 29.8 Å². The quantitative estimate of drug-likeness (QED) is 0.610. The van der Waals surface area contributed by atoms with Gasteiger partial charge in [0.15, 0.2) is 11.5 Å². The first kappa shape index (κ1) is 20.8. The third kappa shape index (κ3) is 4.98.